The lowest BCUT2D eigenvalue weighted by molar-refractivity contribution is -0.139. The molecule has 2 atom stereocenters. The van der Waals surface area contributed by atoms with Crippen LogP contribution in [0.4, 0.5) is 0 Å². The first kappa shape index (κ1) is 37.7. The number of fused-ring (bicyclic) bond motifs is 1. The Bertz CT molecular complexity index is 1930. The summed E-state index contributed by atoms with van der Waals surface area (Å²) in [5, 5.41) is 5.80. The number of nitrogens with one attached hydrogen (secondary N) is 2. The third-order valence-corrected chi connectivity index (χ3v) is 12.7. The minimum Gasteiger partial charge on any atom is -0.497 e. The van der Waals surface area contributed by atoms with Crippen LogP contribution in [-0.4, -0.2) is 77.6 Å². The van der Waals surface area contributed by atoms with Gasteiger partial charge in [-0.15, -0.1) is 11.3 Å². The van der Waals surface area contributed by atoms with Gasteiger partial charge in [0.05, 0.1) is 30.1 Å². The molecule has 2 aliphatic carbocycles. The highest BCUT2D eigenvalue weighted by molar-refractivity contribution is 7.91. The number of allylic oxidation sites excluding steroid dienone is 2. The molecule has 6 rings (SSSR count). The van der Waals surface area contributed by atoms with Gasteiger partial charge in [0.25, 0.3) is 5.91 Å². The van der Waals surface area contributed by atoms with Crippen molar-refractivity contribution in [2.24, 2.45) is 0 Å². The van der Waals surface area contributed by atoms with Crippen molar-refractivity contribution in [3.63, 3.8) is 0 Å². The van der Waals surface area contributed by atoms with E-state index >= 15 is 0 Å². The standard InChI is InChI=1S/C38H49N5O7S2/c1-5-6-7-8-9-10-11-12-34(44)43-22-26(20-32(43)35(45)41-38(17-18-38)37(46)42-52(47,48)27-14-15-27)50-33-21-30(36-40-31(23-51-36)24(2)3)39-29-19-25(49-4)13-16-28(29)33/h5-6,13,16,19,21,23-24,26-27,32H,7-12,14-15,17-18,20,22H2,1-4H3,(H,41,45)(H,42,46)/b6-5-/t26-,32+/m1/s1. The number of methoxy groups -OCH3 is 1. The number of rotatable bonds is 17. The number of likely N-dealkylation sites (tertiary alicyclic amines) is 1. The van der Waals surface area contributed by atoms with Gasteiger partial charge in [0.1, 0.15) is 39.9 Å². The normalized spacial score (nSPS) is 19.7. The number of hydrogen-bond acceptors (Lipinski definition) is 10. The Labute approximate surface area is 309 Å². The van der Waals surface area contributed by atoms with E-state index in [1.54, 1.807) is 12.0 Å². The number of nitrogens with zero attached hydrogens (tertiary/aromatic N) is 3. The fraction of sp³-hybridized carbons (Fsp3) is 0.553. The lowest BCUT2D eigenvalue weighted by Gasteiger charge is -2.26. The first-order chi connectivity index (χ1) is 24.9. The molecule has 1 aliphatic heterocycles. The van der Waals surface area contributed by atoms with Crippen molar-refractivity contribution in [3.8, 4) is 22.2 Å². The van der Waals surface area contributed by atoms with Gasteiger partial charge in [0.15, 0.2) is 0 Å². The van der Waals surface area contributed by atoms with Gasteiger partial charge in [0.2, 0.25) is 21.8 Å². The van der Waals surface area contributed by atoms with E-state index in [1.807, 2.05) is 42.6 Å². The number of unbranched alkanes of at least 4 members (excludes halogenated alkanes) is 4. The molecule has 3 aromatic rings. The summed E-state index contributed by atoms with van der Waals surface area (Å²) in [6.07, 6.45) is 10.5. The van der Waals surface area contributed by atoms with Crippen molar-refractivity contribution in [1.82, 2.24) is 24.9 Å². The average Bonchev–Trinajstić information content (AvgIpc) is 4.03. The van der Waals surface area contributed by atoms with Gasteiger partial charge in [-0.25, -0.2) is 18.4 Å². The minimum absolute atomic E-state index is 0.153. The Morgan fingerprint density at radius 1 is 1.10 bits per heavy atom. The molecule has 52 heavy (non-hydrogen) atoms. The molecule has 1 saturated heterocycles. The zero-order chi connectivity index (χ0) is 37.0. The molecule has 0 bridgehead atoms. The van der Waals surface area contributed by atoms with Crippen molar-refractivity contribution in [2.45, 2.75) is 120 Å². The van der Waals surface area contributed by atoms with E-state index in [1.165, 1.54) is 11.3 Å². The van der Waals surface area contributed by atoms with Crippen molar-refractivity contribution in [1.29, 1.82) is 0 Å². The SMILES string of the molecule is C/C=C\CCCCCCC(=O)N1C[C@H](Oc2cc(-c3nc(C(C)C)cs3)nc3cc(OC)ccc23)C[C@H]1C(=O)NC1(C(=O)NS(=O)(=O)C2CC2)CC1. The van der Waals surface area contributed by atoms with Gasteiger partial charge in [0, 0.05) is 35.7 Å². The predicted molar refractivity (Wildman–Crippen MR) is 201 cm³/mol. The number of hydrogen-bond donors (Lipinski definition) is 2. The molecule has 12 nitrogen and oxygen atoms in total. The number of ether oxygens (including phenoxy) is 2. The fourth-order valence-electron chi connectivity index (χ4n) is 6.51. The third-order valence-electron chi connectivity index (χ3n) is 9.98. The highest BCUT2D eigenvalue weighted by atomic mass is 32.2. The Morgan fingerprint density at radius 3 is 2.54 bits per heavy atom. The number of aromatic nitrogens is 2. The van der Waals surface area contributed by atoms with Crippen LogP contribution in [0, 0.1) is 0 Å². The van der Waals surface area contributed by atoms with Gasteiger partial charge in [-0.05, 0) is 69.9 Å². The molecule has 14 heteroatoms. The van der Waals surface area contributed by atoms with E-state index in [2.05, 4.69) is 30.0 Å². The largest absolute Gasteiger partial charge is 0.497 e. The molecular weight excluding hydrogens is 703 g/mol. The molecule has 2 aromatic heterocycles. The molecule has 0 spiro atoms. The van der Waals surface area contributed by atoms with Crippen molar-refractivity contribution >= 4 is 50.0 Å². The molecule has 0 unspecified atom stereocenters. The lowest BCUT2D eigenvalue weighted by Crippen LogP contribution is -2.55. The highest BCUT2D eigenvalue weighted by Crippen LogP contribution is 2.39. The third kappa shape index (κ3) is 8.76. The maximum Gasteiger partial charge on any atom is 0.259 e. The molecular formula is C38H49N5O7S2. The molecule has 1 aromatic carbocycles. The number of benzene rings is 1. The van der Waals surface area contributed by atoms with E-state index < -0.39 is 44.8 Å². The number of pyridine rings is 1. The summed E-state index contributed by atoms with van der Waals surface area (Å²) in [5.74, 6) is 0.0862. The topological polar surface area (TPSA) is 157 Å². The molecule has 3 heterocycles. The summed E-state index contributed by atoms with van der Waals surface area (Å²) in [7, 11) is -2.18. The second-order valence-corrected chi connectivity index (χ2v) is 17.2. The van der Waals surface area contributed by atoms with Crippen LogP contribution in [0.25, 0.3) is 21.6 Å². The van der Waals surface area contributed by atoms with Gasteiger partial charge in [-0.1, -0.05) is 38.8 Å². The van der Waals surface area contributed by atoms with Crippen LogP contribution in [0.5, 0.6) is 11.5 Å². The number of sulfonamides is 1. The van der Waals surface area contributed by atoms with Crippen LogP contribution in [0.15, 0.2) is 41.8 Å². The maximum atomic E-state index is 14.0. The molecule has 2 N–H and O–H groups in total. The van der Waals surface area contributed by atoms with E-state index in [0.717, 1.165) is 41.8 Å². The number of carbonyl (C=O) groups excluding carboxylic acids is 3. The zero-order valence-corrected chi connectivity index (χ0v) is 32.0. The summed E-state index contributed by atoms with van der Waals surface area (Å²) in [4.78, 5) is 52.1. The van der Waals surface area contributed by atoms with Gasteiger partial charge >= 0.3 is 0 Å². The minimum atomic E-state index is -3.78. The smallest absolute Gasteiger partial charge is 0.259 e. The molecule has 3 amide bonds. The quantitative estimate of drug-likeness (QED) is 0.125. The van der Waals surface area contributed by atoms with Crippen LogP contribution in [0.3, 0.4) is 0 Å². The summed E-state index contributed by atoms with van der Waals surface area (Å²) in [6, 6.07) is 6.52. The van der Waals surface area contributed by atoms with Gasteiger partial charge < -0.3 is 19.7 Å². The average molecular weight is 752 g/mol. The molecule has 2 saturated carbocycles. The fourth-order valence-corrected chi connectivity index (χ4v) is 8.83. The van der Waals surface area contributed by atoms with Crippen molar-refractivity contribution in [2.75, 3.05) is 13.7 Å². The summed E-state index contributed by atoms with van der Waals surface area (Å²) in [6.45, 7) is 6.36. The van der Waals surface area contributed by atoms with Gasteiger partial charge in [-0.3, -0.25) is 19.1 Å². The van der Waals surface area contributed by atoms with Crippen LogP contribution in [0.2, 0.25) is 0 Å². The molecule has 3 aliphatic rings. The van der Waals surface area contributed by atoms with Crippen LogP contribution < -0.4 is 19.5 Å². The first-order valence-electron chi connectivity index (χ1n) is 18.3. The predicted octanol–water partition coefficient (Wildman–Crippen LogP) is 6.01. The Balaban J connectivity index is 1.22. The molecule has 0 radical (unpaired) electrons. The van der Waals surface area contributed by atoms with E-state index in [-0.39, 0.29) is 31.2 Å². The Morgan fingerprint density at radius 2 is 1.87 bits per heavy atom. The van der Waals surface area contributed by atoms with Crippen LogP contribution in [0.1, 0.15) is 103 Å². The maximum absolute atomic E-state index is 14.0. The van der Waals surface area contributed by atoms with Gasteiger partial charge in [-0.2, -0.15) is 0 Å². The summed E-state index contributed by atoms with van der Waals surface area (Å²) < 4.78 is 39.4. The lowest BCUT2D eigenvalue weighted by atomic mass is 10.1. The number of amides is 3. The highest BCUT2D eigenvalue weighted by Gasteiger charge is 2.55. The first-order valence-corrected chi connectivity index (χ1v) is 20.8. The van der Waals surface area contributed by atoms with Crippen molar-refractivity contribution in [3.05, 3.63) is 47.5 Å². The Kier molecular flexibility index (Phi) is 11.5. The second-order valence-electron chi connectivity index (χ2n) is 14.4. The van der Waals surface area contributed by atoms with Crippen molar-refractivity contribution < 1.29 is 32.3 Å². The number of carbonyl (C=O) groups is 3. The molecule has 280 valence electrons. The summed E-state index contributed by atoms with van der Waals surface area (Å²) in [5.41, 5.74) is 0.965. The number of thiazole rings is 1. The monoisotopic (exact) mass is 751 g/mol. The Hall–Kier alpha value is -4.04. The van der Waals surface area contributed by atoms with E-state index in [9.17, 15) is 22.8 Å². The van der Waals surface area contributed by atoms with Crippen LogP contribution in [-0.2, 0) is 24.4 Å². The van der Waals surface area contributed by atoms with E-state index in [0.29, 0.717) is 54.8 Å². The van der Waals surface area contributed by atoms with Crippen LogP contribution >= 0.6 is 11.3 Å². The second kappa shape index (κ2) is 15.9. The zero-order valence-electron chi connectivity index (χ0n) is 30.4. The molecule has 3 fully saturated rings. The van der Waals surface area contributed by atoms with E-state index in [4.69, 9.17) is 19.4 Å². The summed E-state index contributed by atoms with van der Waals surface area (Å²) >= 11 is 1.51.